The number of carbonyl (C=O) groups excluding carboxylic acids is 1. The predicted octanol–water partition coefficient (Wildman–Crippen LogP) is 0.514. The Hall–Kier alpha value is -3.64. The van der Waals surface area contributed by atoms with Crippen LogP contribution in [0.4, 0.5) is 5.69 Å². The highest BCUT2D eigenvalue weighted by Crippen LogP contribution is 2.29. The molecule has 1 aromatic heterocycles. The van der Waals surface area contributed by atoms with Gasteiger partial charge in [0.15, 0.2) is 0 Å². The van der Waals surface area contributed by atoms with E-state index < -0.39 is 33.7 Å². The van der Waals surface area contributed by atoms with Gasteiger partial charge >= 0.3 is 5.69 Å². The zero-order valence-corrected chi connectivity index (χ0v) is 19.6. The summed E-state index contributed by atoms with van der Waals surface area (Å²) in [5.41, 5.74) is -0.485. The van der Waals surface area contributed by atoms with Crippen molar-refractivity contribution in [3.63, 3.8) is 0 Å². The van der Waals surface area contributed by atoms with Gasteiger partial charge in [0.2, 0.25) is 15.9 Å². The maximum absolute atomic E-state index is 13.0. The number of hydrogen-bond donors (Lipinski definition) is 1. The topological polar surface area (TPSA) is 129 Å². The van der Waals surface area contributed by atoms with Crippen LogP contribution in [0.2, 0.25) is 0 Å². The summed E-state index contributed by atoms with van der Waals surface area (Å²) in [6, 6.07) is 8.67. The number of fused-ring (bicyclic) bond motifs is 1. The standard InChI is InChI=1S/C21H24N4O7S/c1-23(12-19(26)22-16-8-6-13(31-4)10-18(16)32-5)33(29,30)14-7-9-17-15(11-14)20(27)25(3)21(28)24(17)2/h6-11H,12H2,1-5H3,(H,22,26). The molecule has 3 aromatic rings. The molecule has 12 heteroatoms. The lowest BCUT2D eigenvalue weighted by Crippen LogP contribution is -2.37. The lowest BCUT2D eigenvalue weighted by molar-refractivity contribution is -0.116. The Morgan fingerprint density at radius 3 is 2.36 bits per heavy atom. The summed E-state index contributed by atoms with van der Waals surface area (Å²) in [4.78, 5) is 36.9. The average molecular weight is 477 g/mol. The molecule has 0 unspecified atom stereocenters. The molecule has 33 heavy (non-hydrogen) atoms. The van der Waals surface area contributed by atoms with Crippen molar-refractivity contribution in [2.24, 2.45) is 14.1 Å². The number of nitrogens with zero attached hydrogens (tertiary/aromatic N) is 3. The largest absolute Gasteiger partial charge is 0.497 e. The number of nitrogens with one attached hydrogen (secondary N) is 1. The number of hydrogen-bond acceptors (Lipinski definition) is 7. The second-order valence-corrected chi connectivity index (χ2v) is 9.31. The van der Waals surface area contributed by atoms with E-state index in [2.05, 4.69) is 5.32 Å². The zero-order chi connectivity index (χ0) is 24.5. The number of amides is 1. The minimum absolute atomic E-state index is 0.0708. The Bertz CT molecular complexity index is 1460. The van der Waals surface area contributed by atoms with Crippen molar-refractivity contribution < 1.29 is 22.7 Å². The van der Waals surface area contributed by atoms with Crippen molar-refractivity contribution in [2.75, 3.05) is 33.1 Å². The van der Waals surface area contributed by atoms with E-state index >= 15 is 0 Å². The Morgan fingerprint density at radius 1 is 1.03 bits per heavy atom. The maximum Gasteiger partial charge on any atom is 0.330 e. The van der Waals surface area contributed by atoms with Crippen LogP contribution in [0.25, 0.3) is 10.9 Å². The molecule has 176 valence electrons. The van der Waals surface area contributed by atoms with Crippen molar-refractivity contribution in [3.8, 4) is 11.5 Å². The second kappa shape index (κ2) is 9.08. The van der Waals surface area contributed by atoms with E-state index in [1.165, 1.54) is 58.1 Å². The van der Waals surface area contributed by atoms with E-state index in [0.717, 1.165) is 8.87 Å². The van der Waals surface area contributed by atoms with Crippen LogP contribution in [0.3, 0.4) is 0 Å². The van der Waals surface area contributed by atoms with Gasteiger partial charge in [0.05, 0.1) is 42.3 Å². The van der Waals surface area contributed by atoms with Crippen LogP contribution in [0, 0.1) is 0 Å². The third-order valence-electron chi connectivity index (χ3n) is 5.20. The van der Waals surface area contributed by atoms with Crippen LogP contribution in [0.1, 0.15) is 0 Å². The normalized spacial score (nSPS) is 11.6. The lowest BCUT2D eigenvalue weighted by Gasteiger charge is -2.18. The number of sulfonamides is 1. The van der Waals surface area contributed by atoms with Crippen LogP contribution >= 0.6 is 0 Å². The highest BCUT2D eigenvalue weighted by Gasteiger charge is 2.24. The number of carbonyl (C=O) groups is 1. The SMILES string of the molecule is COc1ccc(NC(=O)CN(C)S(=O)(=O)c2ccc3c(c2)c(=O)n(C)c(=O)n3C)c(OC)c1. The van der Waals surface area contributed by atoms with Crippen LogP contribution in [0.5, 0.6) is 11.5 Å². The van der Waals surface area contributed by atoms with E-state index in [9.17, 15) is 22.8 Å². The van der Waals surface area contributed by atoms with E-state index in [4.69, 9.17) is 9.47 Å². The fraction of sp³-hybridized carbons (Fsp3) is 0.286. The third kappa shape index (κ3) is 4.47. The Balaban J connectivity index is 1.87. The first-order valence-electron chi connectivity index (χ1n) is 9.69. The van der Waals surface area contributed by atoms with Gasteiger partial charge in [-0.2, -0.15) is 4.31 Å². The Labute approximate surface area is 189 Å². The van der Waals surface area contributed by atoms with Gasteiger partial charge in [-0.15, -0.1) is 0 Å². The number of rotatable bonds is 7. The summed E-state index contributed by atoms with van der Waals surface area (Å²) in [6.07, 6.45) is 0. The maximum atomic E-state index is 13.0. The lowest BCUT2D eigenvalue weighted by atomic mass is 10.2. The number of anilines is 1. The van der Waals surface area contributed by atoms with E-state index in [1.807, 2.05) is 0 Å². The molecule has 2 aromatic carbocycles. The fourth-order valence-corrected chi connectivity index (χ4v) is 4.45. The molecule has 0 saturated carbocycles. The fourth-order valence-electron chi connectivity index (χ4n) is 3.29. The molecule has 1 N–H and O–H groups in total. The summed E-state index contributed by atoms with van der Waals surface area (Å²) in [5, 5.41) is 2.68. The van der Waals surface area contributed by atoms with Gasteiger partial charge in [-0.25, -0.2) is 13.2 Å². The van der Waals surface area contributed by atoms with Crippen molar-refractivity contribution in [2.45, 2.75) is 4.90 Å². The number of methoxy groups -OCH3 is 2. The number of aryl methyl sites for hydroxylation is 1. The summed E-state index contributed by atoms with van der Waals surface area (Å²) in [6.45, 7) is -0.485. The molecule has 3 rings (SSSR count). The minimum Gasteiger partial charge on any atom is -0.497 e. The van der Waals surface area contributed by atoms with E-state index in [-0.39, 0.29) is 10.3 Å². The van der Waals surface area contributed by atoms with Crippen molar-refractivity contribution in [3.05, 3.63) is 57.2 Å². The number of likely N-dealkylation sites (N-methyl/N-ethyl adjacent to an activating group) is 1. The molecule has 0 aliphatic heterocycles. The predicted molar refractivity (Wildman–Crippen MR) is 122 cm³/mol. The van der Waals surface area contributed by atoms with Crippen molar-refractivity contribution in [1.29, 1.82) is 0 Å². The minimum atomic E-state index is -4.11. The van der Waals surface area contributed by atoms with Gasteiger partial charge in [-0.1, -0.05) is 0 Å². The van der Waals surface area contributed by atoms with Gasteiger partial charge in [0, 0.05) is 27.2 Å². The molecule has 1 heterocycles. The highest BCUT2D eigenvalue weighted by molar-refractivity contribution is 7.89. The zero-order valence-electron chi connectivity index (χ0n) is 18.8. The summed E-state index contributed by atoms with van der Waals surface area (Å²) in [7, 11) is 2.87. The first-order chi connectivity index (χ1) is 15.5. The molecule has 0 fully saturated rings. The van der Waals surface area contributed by atoms with E-state index in [1.54, 1.807) is 18.2 Å². The number of benzene rings is 2. The second-order valence-electron chi connectivity index (χ2n) is 7.26. The molecule has 0 saturated heterocycles. The van der Waals surface area contributed by atoms with E-state index in [0.29, 0.717) is 22.7 Å². The van der Waals surface area contributed by atoms with Crippen LogP contribution in [-0.2, 0) is 28.9 Å². The Morgan fingerprint density at radius 2 is 1.73 bits per heavy atom. The van der Waals surface area contributed by atoms with Gasteiger partial charge < -0.3 is 14.8 Å². The highest BCUT2D eigenvalue weighted by atomic mass is 32.2. The third-order valence-corrected chi connectivity index (χ3v) is 6.99. The van der Waals surface area contributed by atoms with Crippen molar-refractivity contribution >= 4 is 32.5 Å². The van der Waals surface area contributed by atoms with Gasteiger partial charge in [0.1, 0.15) is 11.5 Å². The number of aromatic nitrogens is 2. The first kappa shape index (κ1) is 24.0. The quantitative estimate of drug-likeness (QED) is 0.526. The summed E-state index contributed by atoms with van der Waals surface area (Å²) >= 11 is 0. The molecule has 0 bridgehead atoms. The molecule has 1 amide bonds. The van der Waals surface area contributed by atoms with Gasteiger partial charge in [-0.05, 0) is 30.3 Å². The average Bonchev–Trinajstić information content (AvgIpc) is 2.80. The van der Waals surface area contributed by atoms with Crippen LogP contribution in [0.15, 0.2) is 50.9 Å². The first-order valence-corrected chi connectivity index (χ1v) is 11.1. The van der Waals surface area contributed by atoms with Gasteiger partial charge in [-0.3, -0.25) is 18.7 Å². The smallest absolute Gasteiger partial charge is 0.330 e. The monoisotopic (exact) mass is 476 g/mol. The van der Waals surface area contributed by atoms with Crippen molar-refractivity contribution in [1.82, 2.24) is 13.4 Å². The van der Waals surface area contributed by atoms with Crippen LogP contribution < -0.4 is 26.0 Å². The molecule has 0 aliphatic carbocycles. The summed E-state index contributed by atoms with van der Waals surface area (Å²) < 4.78 is 39.5. The molecule has 0 spiro atoms. The van der Waals surface area contributed by atoms with Gasteiger partial charge in [0.25, 0.3) is 5.56 Å². The molecule has 11 nitrogen and oxygen atoms in total. The number of ether oxygens (including phenoxy) is 2. The molecular weight excluding hydrogens is 452 g/mol. The van der Waals surface area contributed by atoms with Crippen LogP contribution in [-0.4, -0.2) is 55.6 Å². The molecule has 0 aliphatic rings. The Kier molecular flexibility index (Phi) is 6.60. The summed E-state index contributed by atoms with van der Waals surface area (Å²) in [5.74, 6) is 0.289. The molecular formula is C21H24N4O7S. The molecule has 0 radical (unpaired) electrons. The molecule has 0 atom stereocenters.